The van der Waals surface area contributed by atoms with Crippen LogP contribution in [0.15, 0.2) is 35.7 Å². The lowest BCUT2D eigenvalue weighted by Crippen LogP contribution is -2.22. The topological polar surface area (TPSA) is 12.0 Å². The summed E-state index contributed by atoms with van der Waals surface area (Å²) in [6.45, 7) is 0. The molecule has 0 spiro atoms. The summed E-state index contributed by atoms with van der Waals surface area (Å²) in [6, 6.07) is 11.1. The van der Waals surface area contributed by atoms with Crippen LogP contribution in [0.3, 0.4) is 0 Å². The molecule has 0 bridgehead atoms. The van der Waals surface area contributed by atoms with Crippen LogP contribution in [-0.4, -0.2) is 7.05 Å². The van der Waals surface area contributed by atoms with E-state index >= 15 is 0 Å². The van der Waals surface area contributed by atoms with Crippen molar-refractivity contribution >= 4 is 22.9 Å². The van der Waals surface area contributed by atoms with E-state index in [1.807, 2.05) is 13.1 Å². The monoisotopic (exact) mass is 277 g/mol. The van der Waals surface area contributed by atoms with Crippen molar-refractivity contribution < 1.29 is 0 Å². The molecule has 0 fully saturated rings. The highest BCUT2D eigenvalue weighted by atomic mass is 35.5. The molecule has 3 heteroatoms. The highest BCUT2D eigenvalue weighted by Crippen LogP contribution is 2.44. The van der Waals surface area contributed by atoms with Gasteiger partial charge < -0.3 is 5.32 Å². The van der Waals surface area contributed by atoms with Gasteiger partial charge in [0.15, 0.2) is 0 Å². The SMILES string of the molecule is CNC(c1sccc1Cl)C1CCc2ccccc21. The van der Waals surface area contributed by atoms with E-state index in [4.69, 9.17) is 11.6 Å². The number of likely N-dealkylation sites (N-methyl/N-ethyl adjacent to an activating group) is 1. The van der Waals surface area contributed by atoms with Crippen LogP contribution in [0.5, 0.6) is 0 Å². The van der Waals surface area contributed by atoms with Crippen LogP contribution in [-0.2, 0) is 6.42 Å². The fraction of sp³-hybridized carbons (Fsp3) is 0.333. The van der Waals surface area contributed by atoms with Crippen LogP contribution in [0.4, 0.5) is 0 Å². The third-order valence-corrected chi connectivity index (χ3v) is 5.26. The van der Waals surface area contributed by atoms with Gasteiger partial charge in [-0.05, 0) is 42.5 Å². The van der Waals surface area contributed by atoms with Gasteiger partial charge in [-0.15, -0.1) is 11.3 Å². The summed E-state index contributed by atoms with van der Waals surface area (Å²) in [7, 11) is 2.03. The average molecular weight is 278 g/mol. The average Bonchev–Trinajstić information content (AvgIpc) is 2.99. The van der Waals surface area contributed by atoms with Gasteiger partial charge in [0.05, 0.1) is 5.02 Å². The molecule has 0 aliphatic heterocycles. The van der Waals surface area contributed by atoms with Crippen LogP contribution in [0.25, 0.3) is 0 Å². The summed E-state index contributed by atoms with van der Waals surface area (Å²) in [5.41, 5.74) is 2.98. The standard InChI is InChI=1S/C15H16ClNS/c1-17-14(15-13(16)8-9-18-15)12-7-6-10-4-2-3-5-11(10)12/h2-5,8-9,12,14,17H,6-7H2,1H3. The Morgan fingerprint density at radius 3 is 2.89 bits per heavy atom. The molecule has 2 atom stereocenters. The van der Waals surface area contributed by atoms with Crippen LogP contribution < -0.4 is 5.32 Å². The fourth-order valence-corrected chi connectivity index (χ4v) is 4.33. The van der Waals surface area contributed by atoms with Crippen LogP contribution in [0.1, 0.15) is 34.4 Å². The van der Waals surface area contributed by atoms with Crippen LogP contribution >= 0.6 is 22.9 Å². The van der Waals surface area contributed by atoms with Crippen molar-refractivity contribution in [1.82, 2.24) is 5.32 Å². The Hall–Kier alpha value is -0.830. The molecular formula is C15H16ClNS. The quantitative estimate of drug-likeness (QED) is 0.877. The first-order valence-electron chi connectivity index (χ1n) is 6.29. The number of halogens is 1. The molecular weight excluding hydrogens is 262 g/mol. The highest BCUT2D eigenvalue weighted by molar-refractivity contribution is 7.10. The number of nitrogens with one attached hydrogen (secondary N) is 1. The number of aryl methyl sites for hydroxylation is 1. The molecule has 0 amide bonds. The molecule has 0 radical (unpaired) electrons. The second-order valence-electron chi connectivity index (χ2n) is 4.74. The lowest BCUT2D eigenvalue weighted by molar-refractivity contribution is 0.484. The number of benzene rings is 1. The lowest BCUT2D eigenvalue weighted by atomic mass is 9.92. The second kappa shape index (κ2) is 5.04. The van der Waals surface area contributed by atoms with Gasteiger partial charge in [-0.1, -0.05) is 35.9 Å². The van der Waals surface area contributed by atoms with Gasteiger partial charge in [0.25, 0.3) is 0 Å². The minimum absolute atomic E-state index is 0.334. The summed E-state index contributed by atoms with van der Waals surface area (Å²) < 4.78 is 0. The first-order chi connectivity index (χ1) is 8.81. The van der Waals surface area contributed by atoms with Crippen molar-refractivity contribution in [1.29, 1.82) is 0 Å². The van der Waals surface area contributed by atoms with E-state index < -0.39 is 0 Å². The molecule has 94 valence electrons. The predicted octanol–water partition coefficient (Wildman–Crippen LogP) is 4.39. The number of thiophene rings is 1. The summed E-state index contributed by atoms with van der Waals surface area (Å²) >= 11 is 8.04. The van der Waals surface area contributed by atoms with Crippen molar-refractivity contribution in [3.63, 3.8) is 0 Å². The predicted molar refractivity (Wildman–Crippen MR) is 78.6 cm³/mol. The molecule has 1 aromatic carbocycles. The third-order valence-electron chi connectivity index (χ3n) is 3.82. The highest BCUT2D eigenvalue weighted by Gasteiger charge is 2.31. The van der Waals surface area contributed by atoms with E-state index in [1.54, 1.807) is 11.3 Å². The number of hydrogen-bond donors (Lipinski definition) is 1. The third kappa shape index (κ3) is 1.99. The molecule has 1 aliphatic rings. The van der Waals surface area contributed by atoms with Gasteiger partial charge in [0, 0.05) is 16.8 Å². The normalized spacial score (nSPS) is 19.8. The Morgan fingerprint density at radius 2 is 2.17 bits per heavy atom. The largest absolute Gasteiger partial charge is 0.312 e. The Kier molecular flexibility index (Phi) is 3.42. The second-order valence-corrected chi connectivity index (χ2v) is 6.10. The first kappa shape index (κ1) is 12.2. The molecule has 2 aromatic rings. The van der Waals surface area contributed by atoms with Crippen molar-refractivity contribution in [3.8, 4) is 0 Å². The molecule has 0 saturated heterocycles. The maximum atomic E-state index is 6.29. The Balaban J connectivity index is 1.98. The maximum Gasteiger partial charge on any atom is 0.0561 e. The fourth-order valence-electron chi connectivity index (χ4n) is 2.98. The molecule has 1 N–H and O–H groups in total. The van der Waals surface area contributed by atoms with Crippen molar-refractivity contribution in [2.45, 2.75) is 24.8 Å². The smallest absolute Gasteiger partial charge is 0.0561 e. The molecule has 0 saturated carbocycles. The van der Waals surface area contributed by atoms with Crippen molar-refractivity contribution in [2.24, 2.45) is 0 Å². The van der Waals surface area contributed by atoms with E-state index in [2.05, 4.69) is 35.0 Å². The van der Waals surface area contributed by atoms with Gasteiger partial charge in [0.1, 0.15) is 0 Å². The van der Waals surface area contributed by atoms with Gasteiger partial charge in [-0.3, -0.25) is 0 Å². The van der Waals surface area contributed by atoms with E-state index in [1.165, 1.54) is 28.8 Å². The molecule has 1 aliphatic carbocycles. The molecule has 2 unspecified atom stereocenters. The van der Waals surface area contributed by atoms with E-state index in [9.17, 15) is 0 Å². The van der Waals surface area contributed by atoms with Gasteiger partial charge in [-0.25, -0.2) is 0 Å². The van der Waals surface area contributed by atoms with E-state index in [-0.39, 0.29) is 0 Å². The van der Waals surface area contributed by atoms with Gasteiger partial charge in [0.2, 0.25) is 0 Å². The van der Waals surface area contributed by atoms with E-state index in [0.717, 1.165) is 5.02 Å². The summed E-state index contributed by atoms with van der Waals surface area (Å²) in [6.07, 6.45) is 2.39. The number of fused-ring (bicyclic) bond motifs is 1. The van der Waals surface area contributed by atoms with Gasteiger partial charge >= 0.3 is 0 Å². The number of hydrogen-bond acceptors (Lipinski definition) is 2. The number of rotatable bonds is 3. The zero-order valence-corrected chi connectivity index (χ0v) is 11.9. The zero-order valence-electron chi connectivity index (χ0n) is 10.3. The van der Waals surface area contributed by atoms with Crippen LogP contribution in [0.2, 0.25) is 5.02 Å². The lowest BCUT2D eigenvalue weighted by Gasteiger charge is -2.23. The summed E-state index contributed by atoms with van der Waals surface area (Å²) in [5, 5.41) is 6.42. The minimum atomic E-state index is 0.334. The molecule has 1 nitrogen and oxygen atoms in total. The van der Waals surface area contributed by atoms with Crippen molar-refractivity contribution in [2.75, 3.05) is 7.05 Å². The molecule has 1 aromatic heterocycles. The molecule has 18 heavy (non-hydrogen) atoms. The molecule has 3 rings (SSSR count). The summed E-state index contributed by atoms with van der Waals surface area (Å²) in [4.78, 5) is 1.26. The Bertz CT molecular complexity index is 549. The maximum absolute atomic E-state index is 6.29. The van der Waals surface area contributed by atoms with Gasteiger partial charge in [-0.2, -0.15) is 0 Å². The first-order valence-corrected chi connectivity index (χ1v) is 7.55. The van der Waals surface area contributed by atoms with E-state index in [0.29, 0.717) is 12.0 Å². The van der Waals surface area contributed by atoms with Crippen molar-refractivity contribution in [3.05, 3.63) is 56.7 Å². The minimum Gasteiger partial charge on any atom is -0.312 e. The van der Waals surface area contributed by atoms with Crippen LogP contribution in [0, 0.1) is 0 Å². The Morgan fingerprint density at radius 1 is 1.33 bits per heavy atom. The Labute approximate surface area is 117 Å². The molecule has 1 heterocycles. The zero-order chi connectivity index (χ0) is 12.5. The summed E-state index contributed by atoms with van der Waals surface area (Å²) in [5.74, 6) is 0.544.